The molecule has 0 aromatic heterocycles. The van der Waals surface area contributed by atoms with Crippen molar-refractivity contribution in [1.82, 2.24) is 0 Å². The zero-order valence-electron chi connectivity index (χ0n) is 14.1. The largest absolute Gasteiger partial charge is 0.326 e. The van der Waals surface area contributed by atoms with E-state index in [1.165, 1.54) is 0 Å². The van der Waals surface area contributed by atoms with Gasteiger partial charge in [0.15, 0.2) is 0 Å². The van der Waals surface area contributed by atoms with Crippen molar-refractivity contribution in [3.05, 3.63) is 59.7 Å². The SMILES string of the molecule is CC(C)CC(=O)Nc1ccc2c(c1)CCN2C(=O)c1ccccc1. The van der Waals surface area contributed by atoms with E-state index < -0.39 is 0 Å². The molecule has 4 heteroatoms. The van der Waals surface area contributed by atoms with Gasteiger partial charge in [0.05, 0.1) is 0 Å². The standard InChI is InChI=1S/C20H22N2O2/c1-14(2)12-19(23)21-17-8-9-18-16(13-17)10-11-22(18)20(24)15-6-4-3-5-7-15/h3-9,13-14H,10-12H2,1-2H3,(H,21,23). The molecule has 0 fully saturated rings. The Morgan fingerprint density at radius 3 is 2.58 bits per heavy atom. The van der Waals surface area contributed by atoms with Gasteiger partial charge in [0.25, 0.3) is 5.91 Å². The number of hydrogen-bond donors (Lipinski definition) is 1. The molecule has 0 bridgehead atoms. The number of benzene rings is 2. The van der Waals surface area contributed by atoms with Crippen molar-refractivity contribution in [3.8, 4) is 0 Å². The summed E-state index contributed by atoms with van der Waals surface area (Å²) in [4.78, 5) is 26.4. The van der Waals surface area contributed by atoms with Crippen LogP contribution in [0.5, 0.6) is 0 Å². The van der Waals surface area contributed by atoms with Crippen molar-refractivity contribution in [2.75, 3.05) is 16.8 Å². The number of fused-ring (bicyclic) bond motifs is 1. The van der Waals surface area contributed by atoms with Gasteiger partial charge in [-0.05, 0) is 48.2 Å². The van der Waals surface area contributed by atoms with E-state index in [9.17, 15) is 9.59 Å². The Morgan fingerprint density at radius 2 is 1.88 bits per heavy atom. The fourth-order valence-electron chi connectivity index (χ4n) is 3.01. The van der Waals surface area contributed by atoms with Gasteiger partial charge in [-0.15, -0.1) is 0 Å². The predicted octanol–water partition coefficient (Wildman–Crippen LogP) is 3.87. The van der Waals surface area contributed by atoms with Crippen molar-refractivity contribution in [2.45, 2.75) is 26.7 Å². The zero-order chi connectivity index (χ0) is 17.1. The minimum Gasteiger partial charge on any atom is -0.326 e. The predicted molar refractivity (Wildman–Crippen MR) is 96.3 cm³/mol. The average molecular weight is 322 g/mol. The summed E-state index contributed by atoms with van der Waals surface area (Å²) in [5.41, 5.74) is 3.53. The molecule has 2 aromatic rings. The van der Waals surface area contributed by atoms with E-state index in [-0.39, 0.29) is 11.8 Å². The van der Waals surface area contributed by atoms with E-state index in [4.69, 9.17) is 0 Å². The van der Waals surface area contributed by atoms with Crippen LogP contribution in [0.1, 0.15) is 36.2 Å². The van der Waals surface area contributed by atoms with Gasteiger partial charge in [-0.3, -0.25) is 9.59 Å². The molecule has 1 N–H and O–H groups in total. The maximum absolute atomic E-state index is 12.6. The molecular weight excluding hydrogens is 300 g/mol. The Bertz CT molecular complexity index is 753. The Kier molecular flexibility index (Phi) is 4.65. The van der Waals surface area contributed by atoms with Crippen LogP contribution < -0.4 is 10.2 Å². The highest BCUT2D eigenvalue weighted by molar-refractivity contribution is 6.07. The second-order valence-electron chi connectivity index (χ2n) is 6.56. The maximum atomic E-state index is 12.6. The van der Waals surface area contributed by atoms with Crippen LogP contribution in [0.25, 0.3) is 0 Å². The molecule has 1 aliphatic rings. The number of rotatable bonds is 4. The van der Waals surface area contributed by atoms with Crippen LogP contribution >= 0.6 is 0 Å². The first-order chi connectivity index (χ1) is 11.5. The van der Waals surface area contributed by atoms with Crippen molar-refractivity contribution in [1.29, 1.82) is 0 Å². The number of anilines is 2. The van der Waals surface area contributed by atoms with Gasteiger partial charge in [-0.2, -0.15) is 0 Å². The summed E-state index contributed by atoms with van der Waals surface area (Å²) in [6.07, 6.45) is 1.32. The molecule has 0 saturated heterocycles. The second kappa shape index (κ2) is 6.87. The molecule has 24 heavy (non-hydrogen) atoms. The molecule has 1 aliphatic heterocycles. The van der Waals surface area contributed by atoms with Crippen LogP contribution in [0.4, 0.5) is 11.4 Å². The van der Waals surface area contributed by atoms with Gasteiger partial charge in [-0.1, -0.05) is 32.0 Å². The zero-order valence-corrected chi connectivity index (χ0v) is 14.1. The summed E-state index contributed by atoms with van der Waals surface area (Å²) in [6, 6.07) is 15.1. The molecule has 3 rings (SSSR count). The second-order valence-corrected chi connectivity index (χ2v) is 6.56. The number of hydrogen-bond acceptors (Lipinski definition) is 2. The molecule has 0 saturated carbocycles. The van der Waals surface area contributed by atoms with Crippen LogP contribution in [0, 0.1) is 5.92 Å². The smallest absolute Gasteiger partial charge is 0.258 e. The van der Waals surface area contributed by atoms with Crippen molar-refractivity contribution in [3.63, 3.8) is 0 Å². The van der Waals surface area contributed by atoms with Gasteiger partial charge in [-0.25, -0.2) is 0 Å². The highest BCUT2D eigenvalue weighted by Gasteiger charge is 2.25. The Labute approximate surface area is 142 Å². The fourth-order valence-corrected chi connectivity index (χ4v) is 3.01. The van der Waals surface area contributed by atoms with E-state index in [1.54, 1.807) is 0 Å². The van der Waals surface area contributed by atoms with Crippen LogP contribution in [0.15, 0.2) is 48.5 Å². The highest BCUT2D eigenvalue weighted by atomic mass is 16.2. The van der Waals surface area contributed by atoms with Gasteiger partial charge < -0.3 is 10.2 Å². The molecule has 124 valence electrons. The highest BCUT2D eigenvalue weighted by Crippen LogP contribution is 2.31. The lowest BCUT2D eigenvalue weighted by atomic mass is 10.1. The summed E-state index contributed by atoms with van der Waals surface area (Å²) in [6.45, 7) is 4.72. The minimum absolute atomic E-state index is 0.0194. The Morgan fingerprint density at radius 1 is 1.12 bits per heavy atom. The van der Waals surface area contributed by atoms with E-state index in [1.807, 2.05) is 67.3 Å². The number of nitrogens with one attached hydrogen (secondary N) is 1. The summed E-state index contributed by atoms with van der Waals surface area (Å²) < 4.78 is 0. The summed E-state index contributed by atoms with van der Waals surface area (Å²) in [5.74, 6) is 0.379. The third kappa shape index (κ3) is 3.48. The molecule has 2 amide bonds. The first-order valence-electron chi connectivity index (χ1n) is 8.34. The lowest BCUT2D eigenvalue weighted by Gasteiger charge is -2.18. The van der Waals surface area contributed by atoms with Gasteiger partial charge in [0.1, 0.15) is 0 Å². The van der Waals surface area contributed by atoms with Crippen LogP contribution in [0.3, 0.4) is 0 Å². The molecule has 2 aromatic carbocycles. The van der Waals surface area contributed by atoms with Crippen molar-refractivity contribution >= 4 is 23.2 Å². The van der Waals surface area contributed by atoms with Crippen molar-refractivity contribution < 1.29 is 9.59 Å². The van der Waals surface area contributed by atoms with Crippen LogP contribution in [-0.4, -0.2) is 18.4 Å². The minimum atomic E-state index is 0.0194. The number of nitrogens with zero attached hydrogens (tertiary/aromatic N) is 1. The number of carbonyl (C=O) groups is 2. The monoisotopic (exact) mass is 322 g/mol. The molecule has 0 aliphatic carbocycles. The van der Waals surface area contributed by atoms with E-state index >= 15 is 0 Å². The number of amides is 2. The normalized spacial score (nSPS) is 13.0. The van der Waals surface area contributed by atoms with Crippen LogP contribution in [-0.2, 0) is 11.2 Å². The summed E-state index contributed by atoms with van der Waals surface area (Å²) in [5, 5.41) is 2.94. The quantitative estimate of drug-likeness (QED) is 0.929. The first-order valence-corrected chi connectivity index (χ1v) is 8.34. The molecule has 0 unspecified atom stereocenters. The lowest BCUT2D eigenvalue weighted by Crippen LogP contribution is -2.28. The molecule has 4 nitrogen and oxygen atoms in total. The van der Waals surface area contributed by atoms with E-state index in [0.29, 0.717) is 24.4 Å². The third-order valence-corrected chi connectivity index (χ3v) is 4.12. The van der Waals surface area contributed by atoms with Gasteiger partial charge in [0.2, 0.25) is 5.91 Å². The molecule has 0 atom stereocenters. The Hall–Kier alpha value is -2.62. The maximum Gasteiger partial charge on any atom is 0.258 e. The van der Waals surface area contributed by atoms with E-state index in [0.717, 1.165) is 23.4 Å². The Balaban J connectivity index is 1.76. The van der Waals surface area contributed by atoms with Crippen LogP contribution in [0.2, 0.25) is 0 Å². The van der Waals surface area contributed by atoms with Gasteiger partial charge >= 0.3 is 0 Å². The summed E-state index contributed by atoms with van der Waals surface area (Å²) >= 11 is 0. The van der Waals surface area contributed by atoms with Crippen molar-refractivity contribution in [2.24, 2.45) is 5.92 Å². The molecule has 0 spiro atoms. The topological polar surface area (TPSA) is 49.4 Å². The fraction of sp³-hybridized carbons (Fsp3) is 0.300. The first kappa shape index (κ1) is 16.2. The average Bonchev–Trinajstić information content (AvgIpc) is 2.97. The lowest BCUT2D eigenvalue weighted by molar-refractivity contribution is -0.116. The summed E-state index contributed by atoms with van der Waals surface area (Å²) in [7, 11) is 0. The molecule has 1 heterocycles. The van der Waals surface area contributed by atoms with E-state index in [2.05, 4.69) is 5.32 Å². The third-order valence-electron chi connectivity index (χ3n) is 4.12. The molecular formula is C20H22N2O2. The van der Waals surface area contributed by atoms with Gasteiger partial charge in [0, 0.05) is 29.9 Å². The molecule has 0 radical (unpaired) electrons. The number of carbonyl (C=O) groups excluding carboxylic acids is 2.